The molecule has 0 unspecified atom stereocenters. The van der Waals surface area contributed by atoms with Crippen molar-refractivity contribution >= 4 is 29.5 Å². The number of carbonyl (C=O) groups is 1. The van der Waals surface area contributed by atoms with Crippen molar-refractivity contribution in [3.63, 3.8) is 0 Å². The summed E-state index contributed by atoms with van der Waals surface area (Å²) in [6.45, 7) is 2.59. The number of halogens is 1. The van der Waals surface area contributed by atoms with Gasteiger partial charge in [-0.1, -0.05) is 11.6 Å². The van der Waals surface area contributed by atoms with Gasteiger partial charge in [0.2, 0.25) is 5.88 Å². The smallest absolute Gasteiger partial charge is 0.264 e. The maximum absolute atomic E-state index is 12.6. The number of aromatic nitrogens is 5. The molecule has 0 radical (unpaired) electrons. The fraction of sp³-hybridized carbons (Fsp3) is 0.478. The predicted octanol–water partition coefficient (Wildman–Crippen LogP) is 4.36. The minimum atomic E-state index is -0.321. The summed E-state index contributed by atoms with van der Waals surface area (Å²) in [7, 11) is 1.84. The van der Waals surface area contributed by atoms with Gasteiger partial charge in [0, 0.05) is 25.5 Å². The van der Waals surface area contributed by atoms with Gasteiger partial charge in [0.15, 0.2) is 5.82 Å². The van der Waals surface area contributed by atoms with E-state index in [0.29, 0.717) is 34.7 Å². The number of pyridine rings is 1. The van der Waals surface area contributed by atoms with Crippen LogP contribution >= 0.6 is 23.5 Å². The summed E-state index contributed by atoms with van der Waals surface area (Å²) >= 11 is 7.52. The van der Waals surface area contributed by atoms with E-state index in [1.807, 2.05) is 26.2 Å². The second-order valence-electron chi connectivity index (χ2n) is 9.39. The zero-order valence-corrected chi connectivity index (χ0v) is 20.1. The lowest BCUT2D eigenvalue weighted by atomic mass is 10.2. The lowest BCUT2D eigenvalue weighted by Crippen LogP contribution is -2.17. The molecule has 0 aromatic carbocycles. The normalized spacial score (nSPS) is 19.1. The minimum Gasteiger partial charge on any atom is -0.477 e. The highest BCUT2D eigenvalue weighted by Crippen LogP contribution is 2.93. The van der Waals surface area contributed by atoms with Crippen LogP contribution in [0.1, 0.15) is 48.2 Å². The summed E-state index contributed by atoms with van der Waals surface area (Å²) in [4.78, 5) is 17.8. The van der Waals surface area contributed by atoms with Crippen LogP contribution in [0.15, 0.2) is 35.5 Å². The Bertz CT molecular complexity index is 1230. The summed E-state index contributed by atoms with van der Waals surface area (Å²) in [5, 5.41) is 8.84. The molecule has 0 aliphatic heterocycles. The molecule has 10 heteroatoms. The quantitative estimate of drug-likeness (QED) is 0.377. The maximum atomic E-state index is 12.6. The number of hydrogen-bond acceptors (Lipinski definition) is 6. The van der Waals surface area contributed by atoms with Crippen molar-refractivity contribution in [2.45, 2.75) is 43.9 Å². The van der Waals surface area contributed by atoms with Crippen molar-refractivity contribution in [2.24, 2.45) is 23.8 Å². The SMILES string of the molecule is Cc1nn(C)cc1SNC(=O)c1ccc(-n2ccc(OCCC3C4(CC4)C34CC4)n2)nc1Cl. The largest absolute Gasteiger partial charge is 0.477 e. The fourth-order valence-electron chi connectivity index (χ4n) is 5.70. The van der Waals surface area contributed by atoms with Gasteiger partial charge in [0.25, 0.3) is 5.91 Å². The Morgan fingerprint density at radius 1 is 1.24 bits per heavy atom. The van der Waals surface area contributed by atoms with E-state index in [1.54, 1.807) is 27.7 Å². The van der Waals surface area contributed by atoms with Crippen LogP contribution in [0.4, 0.5) is 0 Å². The molecule has 3 aromatic rings. The van der Waals surface area contributed by atoms with E-state index < -0.39 is 0 Å². The van der Waals surface area contributed by atoms with E-state index in [0.717, 1.165) is 22.9 Å². The molecule has 0 atom stereocenters. The molecular weight excluding hydrogens is 460 g/mol. The van der Waals surface area contributed by atoms with E-state index in [-0.39, 0.29) is 11.1 Å². The first-order valence-corrected chi connectivity index (χ1v) is 12.4. The molecule has 1 N–H and O–H groups in total. The molecule has 1 amide bonds. The van der Waals surface area contributed by atoms with Crippen molar-refractivity contribution in [2.75, 3.05) is 6.61 Å². The van der Waals surface area contributed by atoms with Crippen molar-refractivity contribution in [3.8, 4) is 11.7 Å². The highest BCUT2D eigenvalue weighted by Gasteiger charge is 2.85. The average Bonchev–Trinajstić information content (AvgIpc) is 3.73. The summed E-state index contributed by atoms with van der Waals surface area (Å²) in [5.74, 6) is 1.65. The van der Waals surface area contributed by atoms with Gasteiger partial charge in [-0.05, 0) is 79.9 Å². The second-order valence-corrected chi connectivity index (χ2v) is 10.6. The molecule has 3 aliphatic rings. The lowest BCUT2D eigenvalue weighted by molar-refractivity contribution is 0.0984. The first-order valence-electron chi connectivity index (χ1n) is 11.2. The first kappa shape index (κ1) is 21.0. The molecule has 6 rings (SSSR count). The Morgan fingerprint density at radius 2 is 2.00 bits per heavy atom. The molecule has 8 nitrogen and oxygen atoms in total. The number of amides is 1. The third kappa shape index (κ3) is 3.52. The van der Waals surface area contributed by atoms with E-state index in [4.69, 9.17) is 16.3 Å². The molecule has 3 aromatic heterocycles. The van der Waals surface area contributed by atoms with Crippen LogP contribution in [0.25, 0.3) is 5.82 Å². The van der Waals surface area contributed by atoms with Crippen LogP contribution in [0.3, 0.4) is 0 Å². The molecule has 33 heavy (non-hydrogen) atoms. The third-order valence-electron chi connectivity index (χ3n) is 7.58. The van der Waals surface area contributed by atoms with Gasteiger partial charge in [-0.3, -0.25) is 14.2 Å². The highest BCUT2D eigenvalue weighted by atomic mass is 35.5. The zero-order chi connectivity index (χ0) is 22.8. The van der Waals surface area contributed by atoms with Crippen LogP contribution in [0.2, 0.25) is 5.15 Å². The van der Waals surface area contributed by atoms with Crippen LogP contribution in [-0.4, -0.2) is 37.1 Å². The van der Waals surface area contributed by atoms with E-state index in [9.17, 15) is 4.79 Å². The van der Waals surface area contributed by atoms with Crippen molar-refractivity contribution < 1.29 is 9.53 Å². The molecule has 3 heterocycles. The van der Waals surface area contributed by atoms with Gasteiger partial charge in [0.05, 0.1) is 22.8 Å². The van der Waals surface area contributed by atoms with E-state index in [2.05, 4.69) is 19.9 Å². The average molecular weight is 485 g/mol. The standard InChI is InChI=1S/C23H25ClN6O2S/c1-14-16(13-29(2)26-14)33-28-21(31)15-3-4-18(25-20(15)24)30-11-5-19(27-30)32-12-6-17-22(7-8-22)23(17)9-10-23/h3-5,11,13,17H,6-10,12H2,1-2H3,(H,28,31). The zero-order valence-electron chi connectivity index (χ0n) is 18.5. The Labute approximate surface area is 201 Å². The van der Waals surface area contributed by atoms with Gasteiger partial charge in [0.1, 0.15) is 5.15 Å². The van der Waals surface area contributed by atoms with Crippen molar-refractivity contribution in [1.82, 2.24) is 29.3 Å². The summed E-state index contributed by atoms with van der Waals surface area (Å²) < 4.78 is 12.0. The number of fused-ring (bicyclic) bond motifs is 1. The van der Waals surface area contributed by atoms with Gasteiger partial charge in [-0.2, -0.15) is 5.10 Å². The summed E-state index contributed by atoms with van der Waals surface area (Å²) in [6, 6.07) is 5.20. The molecule has 2 spiro atoms. The second kappa shape index (κ2) is 7.50. The molecule has 172 valence electrons. The minimum absolute atomic E-state index is 0.115. The highest BCUT2D eigenvalue weighted by molar-refractivity contribution is 7.98. The predicted molar refractivity (Wildman–Crippen MR) is 125 cm³/mol. The molecule has 3 saturated carbocycles. The molecule has 0 bridgehead atoms. The number of carbonyl (C=O) groups excluding carboxylic acids is 1. The number of hydrogen-bond donors (Lipinski definition) is 1. The molecular formula is C23H25ClN6O2S. The van der Waals surface area contributed by atoms with Gasteiger partial charge in [-0.15, -0.1) is 5.10 Å². The van der Waals surface area contributed by atoms with Gasteiger partial charge >= 0.3 is 0 Å². The van der Waals surface area contributed by atoms with Crippen molar-refractivity contribution in [3.05, 3.63) is 47.0 Å². The van der Waals surface area contributed by atoms with Crippen LogP contribution in [0, 0.1) is 23.7 Å². The molecule has 3 aliphatic carbocycles. The number of nitrogens with zero attached hydrogens (tertiary/aromatic N) is 5. The van der Waals surface area contributed by atoms with E-state index >= 15 is 0 Å². The van der Waals surface area contributed by atoms with Gasteiger partial charge in [-0.25, -0.2) is 9.67 Å². The first-order chi connectivity index (χ1) is 15.9. The fourth-order valence-corrected chi connectivity index (χ4v) is 6.65. The molecule has 0 saturated heterocycles. The van der Waals surface area contributed by atoms with E-state index in [1.165, 1.54) is 37.6 Å². The molecule has 3 fully saturated rings. The third-order valence-corrected chi connectivity index (χ3v) is 8.77. The van der Waals surface area contributed by atoms with Crippen molar-refractivity contribution in [1.29, 1.82) is 0 Å². The topological polar surface area (TPSA) is 86.9 Å². The Balaban J connectivity index is 1.05. The Kier molecular flexibility index (Phi) is 4.78. The lowest BCUT2D eigenvalue weighted by Gasteiger charge is -2.07. The monoisotopic (exact) mass is 484 g/mol. The maximum Gasteiger partial charge on any atom is 0.264 e. The van der Waals surface area contributed by atoms with Crippen LogP contribution in [0.5, 0.6) is 5.88 Å². The summed E-state index contributed by atoms with van der Waals surface area (Å²) in [6.07, 6.45) is 10.5. The van der Waals surface area contributed by atoms with Crippen LogP contribution in [-0.2, 0) is 7.05 Å². The number of aryl methyl sites for hydroxylation is 2. The Morgan fingerprint density at radius 3 is 2.64 bits per heavy atom. The number of ether oxygens (including phenoxy) is 1. The Hall–Kier alpha value is -2.52. The summed E-state index contributed by atoms with van der Waals surface area (Å²) in [5.41, 5.74) is 2.56. The van der Waals surface area contributed by atoms with Gasteiger partial charge < -0.3 is 4.74 Å². The number of rotatable bonds is 8. The van der Waals surface area contributed by atoms with Crippen LogP contribution < -0.4 is 9.46 Å². The number of nitrogens with one attached hydrogen (secondary N) is 1.